The van der Waals surface area contributed by atoms with Gasteiger partial charge in [-0.2, -0.15) is 0 Å². The molecule has 0 aromatic heterocycles. The maximum absolute atomic E-state index is 2.46. The summed E-state index contributed by atoms with van der Waals surface area (Å²) in [5, 5.41) is 0. The van der Waals surface area contributed by atoms with Crippen LogP contribution in [0.1, 0.15) is 96.1 Å². The topological polar surface area (TPSA) is 0 Å². The second kappa shape index (κ2) is 10.1. The van der Waals surface area contributed by atoms with Crippen LogP contribution in [0.3, 0.4) is 0 Å². The Labute approximate surface area is 150 Å². The van der Waals surface area contributed by atoms with E-state index in [1.165, 1.54) is 56.9 Å². The van der Waals surface area contributed by atoms with Gasteiger partial charge in [-0.05, 0) is 60.5 Å². The van der Waals surface area contributed by atoms with E-state index in [0.717, 1.165) is 23.7 Å². The maximum atomic E-state index is 2.46. The van der Waals surface area contributed by atoms with E-state index in [0.29, 0.717) is 0 Å². The van der Waals surface area contributed by atoms with E-state index in [-0.39, 0.29) is 0 Å². The summed E-state index contributed by atoms with van der Waals surface area (Å²) >= 11 is 0. The molecule has 0 atom stereocenters. The van der Waals surface area contributed by atoms with Crippen molar-refractivity contribution in [1.82, 2.24) is 0 Å². The van der Waals surface area contributed by atoms with E-state index >= 15 is 0 Å². The largest absolute Gasteiger partial charge is 0.0808 e. The lowest BCUT2D eigenvalue weighted by atomic mass is 9.79. The van der Waals surface area contributed by atoms with Gasteiger partial charge in [0.15, 0.2) is 0 Å². The van der Waals surface area contributed by atoms with Crippen LogP contribution >= 0.6 is 0 Å². The van der Waals surface area contributed by atoms with Gasteiger partial charge in [0.2, 0.25) is 0 Å². The lowest BCUT2D eigenvalue weighted by Gasteiger charge is -2.26. The average molecular weight is 327 g/mol. The summed E-state index contributed by atoms with van der Waals surface area (Å²) in [5.74, 6) is 3.52. The molecule has 1 aromatic carbocycles. The number of rotatable bonds is 3. The summed E-state index contributed by atoms with van der Waals surface area (Å²) in [6.45, 7) is 8.79. The summed E-state index contributed by atoms with van der Waals surface area (Å²) in [5.41, 5.74) is 2.95. The fourth-order valence-electron chi connectivity index (χ4n) is 4.20. The highest BCUT2D eigenvalue weighted by Crippen LogP contribution is 2.35. The molecule has 0 unspecified atom stereocenters. The molecule has 2 fully saturated rings. The van der Waals surface area contributed by atoms with Crippen molar-refractivity contribution in [2.24, 2.45) is 17.8 Å². The average Bonchev–Trinajstić information content (AvgIpc) is 2.64. The summed E-state index contributed by atoms with van der Waals surface area (Å²) in [6.07, 6.45) is 16.0. The zero-order chi connectivity index (χ0) is 17.4. The Hall–Kier alpha value is -1.04. The standard InChI is InChI=1S/C22H32.C2H6/c1-17-3-7-19(8-4-17)9-10-20-11-15-22(16-12-20)21-13-5-18(2)6-14-21;1-2/h9-12,15-19,21H,3-8,13-14H2,1-2H3;1-2H3/b10-9+;. The zero-order valence-electron chi connectivity index (χ0n) is 16.4. The van der Waals surface area contributed by atoms with Crippen LogP contribution in [0.15, 0.2) is 30.3 Å². The molecule has 0 bridgehead atoms. The van der Waals surface area contributed by atoms with Crippen molar-refractivity contribution < 1.29 is 0 Å². The maximum Gasteiger partial charge on any atom is -0.0162 e. The van der Waals surface area contributed by atoms with Gasteiger partial charge in [-0.25, -0.2) is 0 Å². The second-order valence-electron chi connectivity index (χ2n) is 8.00. The van der Waals surface area contributed by atoms with E-state index < -0.39 is 0 Å². The van der Waals surface area contributed by atoms with Crippen molar-refractivity contribution in [3.63, 3.8) is 0 Å². The van der Waals surface area contributed by atoms with Crippen LogP contribution in [0.2, 0.25) is 0 Å². The first-order chi connectivity index (χ1) is 11.7. The Morgan fingerprint density at radius 3 is 1.75 bits per heavy atom. The Balaban J connectivity index is 0.00000100. The van der Waals surface area contributed by atoms with Crippen molar-refractivity contribution in [2.75, 3.05) is 0 Å². The number of hydrogen-bond acceptors (Lipinski definition) is 0. The third-order valence-electron chi connectivity index (χ3n) is 6.05. The quantitative estimate of drug-likeness (QED) is 0.530. The van der Waals surface area contributed by atoms with Crippen LogP contribution in [-0.4, -0.2) is 0 Å². The molecule has 0 aliphatic heterocycles. The fraction of sp³-hybridized carbons (Fsp3) is 0.667. The first-order valence-electron chi connectivity index (χ1n) is 10.5. The number of benzene rings is 1. The molecule has 2 aliphatic rings. The predicted molar refractivity (Wildman–Crippen MR) is 108 cm³/mol. The molecule has 0 amide bonds. The summed E-state index contributed by atoms with van der Waals surface area (Å²) in [6, 6.07) is 9.41. The van der Waals surface area contributed by atoms with Crippen LogP contribution in [0.4, 0.5) is 0 Å². The van der Waals surface area contributed by atoms with Crippen LogP contribution in [0.25, 0.3) is 6.08 Å². The predicted octanol–water partition coefficient (Wildman–Crippen LogP) is 7.85. The van der Waals surface area contributed by atoms with Gasteiger partial charge in [-0.1, -0.05) is 89.8 Å². The summed E-state index contributed by atoms with van der Waals surface area (Å²) < 4.78 is 0. The fourth-order valence-corrected chi connectivity index (χ4v) is 4.20. The van der Waals surface area contributed by atoms with Gasteiger partial charge in [0.05, 0.1) is 0 Å². The Morgan fingerprint density at radius 2 is 1.21 bits per heavy atom. The van der Waals surface area contributed by atoms with Gasteiger partial charge < -0.3 is 0 Å². The molecular formula is C24H38. The Kier molecular flexibility index (Phi) is 8.09. The molecule has 1 aromatic rings. The smallest absolute Gasteiger partial charge is 0.0162 e. The van der Waals surface area contributed by atoms with Crippen molar-refractivity contribution in [3.8, 4) is 0 Å². The van der Waals surface area contributed by atoms with Gasteiger partial charge in [-0.15, -0.1) is 0 Å². The third-order valence-corrected chi connectivity index (χ3v) is 6.05. The molecule has 3 rings (SSSR count). The molecule has 0 heterocycles. The highest BCUT2D eigenvalue weighted by atomic mass is 14.2. The van der Waals surface area contributed by atoms with Crippen molar-refractivity contribution in [2.45, 2.75) is 85.0 Å². The van der Waals surface area contributed by atoms with E-state index in [1.54, 1.807) is 5.56 Å². The minimum Gasteiger partial charge on any atom is -0.0808 e. The van der Waals surface area contributed by atoms with Crippen molar-refractivity contribution in [1.29, 1.82) is 0 Å². The third kappa shape index (κ3) is 5.80. The van der Waals surface area contributed by atoms with Crippen molar-refractivity contribution in [3.05, 3.63) is 41.5 Å². The molecule has 134 valence electrons. The molecule has 0 N–H and O–H groups in total. The molecule has 0 heteroatoms. The zero-order valence-corrected chi connectivity index (χ0v) is 16.4. The molecule has 0 spiro atoms. The number of allylic oxidation sites excluding steroid dienone is 1. The molecule has 0 radical (unpaired) electrons. The second-order valence-corrected chi connectivity index (χ2v) is 8.00. The monoisotopic (exact) mass is 326 g/mol. The Morgan fingerprint density at radius 1 is 0.708 bits per heavy atom. The van der Waals surface area contributed by atoms with Gasteiger partial charge in [0, 0.05) is 0 Å². The van der Waals surface area contributed by atoms with Gasteiger partial charge in [-0.3, -0.25) is 0 Å². The molecule has 2 saturated carbocycles. The van der Waals surface area contributed by atoms with Crippen molar-refractivity contribution >= 4 is 6.08 Å². The molecule has 0 saturated heterocycles. The molecule has 2 aliphatic carbocycles. The van der Waals surface area contributed by atoms with Crippen LogP contribution in [0.5, 0.6) is 0 Å². The highest BCUT2D eigenvalue weighted by molar-refractivity contribution is 5.50. The molecule has 24 heavy (non-hydrogen) atoms. The van der Waals surface area contributed by atoms with E-state index in [2.05, 4.69) is 50.3 Å². The first-order valence-corrected chi connectivity index (χ1v) is 10.5. The van der Waals surface area contributed by atoms with Crippen LogP contribution in [0, 0.1) is 17.8 Å². The lowest BCUT2D eigenvalue weighted by molar-refractivity contribution is 0.331. The van der Waals surface area contributed by atoms with Gasteiger partial charge in [0.25, 0.3) is 0 Å². The van der Waals surface area contributed by atoms with Crippen LogP contribution < -0.4 is 0 Å². The minimum absolute atomic E-state index is 0.814. The Bertz CT molecular complexity index is 465. The van der Waals surface area contributed by atoms with Crippen LogP contribution in [-0.2, 0) is 0 Å². The molecular weight excluding hydrogens is 288 g/mol. The van der Waals surface area contributed by atoms with E-state index in [1.807, 2.05) is 13.8 Å². The lowest BCUT2D eigenvalue weighted by Crippen LogP contribution is -2.10. The van der Waals surface area contributed by atoms with E-state index in [9.17, 15) is 0 Å². The van der Waals surface area contributed by atoms with Gasteiger partial charge >= 0.3 is 0 Å². The highest BCUT2D eigenvalue weighted by Gasteiger charge is 2.19. The van der Waals surface area contributed by atoms with E-state index in [4.69, 9.17) is 0 Å². The minimum atomic E-state index is 0.814. The molecule has 0 nitrogen and oxygen atoms in total. The summed E-state index contributed by atoms with van der Waals surface area (Å²) in [4.78, 5) is 0. The normalized spacial score (nSPS) is 30.7. The SMILES string of the molecule is CC.CC1CCC(/C=C/c2ccc(C3CCC(C)CC3)cc2)CC1. The van der Waals surface area contributed by atoms with Gasteiger partial charge in [0.1, 0.15) is 0 Å². The summed E-state index contributed by atoms with van der Waals surface area (Å²) in [7, 11) is 0. The number of hydrogen-bond donors (Lipinski definition) is 0. The first kappa shape index (κ1) is 19.3.